The van der Waals surface area contributed by atoms with Crippen LogP contribution in [0, 0.1) is 0 Å². The zero-order valence-corrected chi connectivity index (χ0v) is 8.00. The zero-order valence-electron chi connectivity index (χ0n) is 5.04. The third-order valence-electron chi connectivity index (χ3n) is 0.341. The van der Waals surface area contributed by atoms with Gasteiger partial charge in [-0.1, -0.05) is 0 Å². The van der Waals surface area contributed by atoms with Crippen molar-refractivity contribution in [1.29, 1.82) is 0 Å². The summed E-state index contributed by atoms with van der Waals surface area (Å²) in [7, 11) is 0. The van der Waals surface area contributed by atoms with Gasteiger partial charge >= 0.3 is 121 Å². The zero-order chi connectivity index (χ0) is 8.15. The normalized spacial score (nSPS) is 5.71. The molecule has 0 fully saturated rings. The van der Waals surface area contributed by atoms with Gasteiger partial charge in [0.25, 0.3) is 0 Å². The Morgan fingerprint density at radius 3 is 1.14 bits per heavy atom. The van der Waals surface area contributed by atoms with Crippen molar-refractivity contribution in [2.75, 3.05) is 0 Å². The predicted molar refractivity (Wildman–Crippen MR) is 37.9 cm³/mol. The van der Waals surface area contributed by atoms with Gasteiger partial charge in [0.1, 0.15) is 0 Å². The van der Waals surface area contributed by atoms with E-state index in [-0.39, 0.29) is 148 Å². The molecule has 82 valence electrons. The summed E-state index contributed by atoms with van der Waals surface area (Å²) in [5.74, 6) is 0. The topological polar surface area (TPSA) is 110 Å². The molecule has 0 aromatic carbocycles. The van der Waals surface area contributed by atoms with Crippen LogP contribution < -0.4 is 0 Å². The average Bonchev–Trinajstić information content (AvgIpc) is 1.58. The summed E-state index contributed by atoms with van der Waals surface area (Å²) in [4.78, 5) is 28.8. The van der Waals surface area contributed by atoms with Gasteiger partial charge in [0, 0.05) is 44.8 Å². The van der Waals surface area contributed by atoms with E-state index in [2.05, 4.69) is 9.47 Å². The van der Waals surface area contributed by atoms with Crippen molar-refractivity contribution in [3.8, 4) is 0 Å². The van der Waals surface area contributed by atoms with Crippen LogP contribution >= 0.6 is 0 Å². The summed E-state index contributed by atoms with van der Waals surface area (Å²) >= 11 is 0. The van der Waals surface area contributed by atoms with E-state index < -0.39 is 18.5 Å². The van der Waals surface area contributed by atoms with Crippen LogP contribution in [-0.4, -0.2) is 131 Å². The minimum absolute atomic E-state index is 0. The van der Waals surface area contributed by atoms with Crippen LogP contribution in [0.2, 0.25) is 0 Å². The Morgan fingerprint density at radius 1 is 0.786 bits per heavy atom. The first-order valence-corrected chi connectivity index (χ1v) is 1.88. The van der Waals surface area contributed by atoms with Crippen LogP contribution in [0.4, 0.5) is 14.4 Å². The molecule has 0 unspecified atom stereocenters. The fourth-order valence-corrected chi connectivity index (χ4v) is 0.163. The van der Waals surface area contributed by atoms with Crippen molar-refractivity contribution in [2.24, 2.45) is 0 Å². The van der Waals surface area contributed by atoms with E-state index in [0.717, 1.165) is 0 Å². The molecule has 0 aliphatic heterocycles. The predicted octanol–water partition coefficient (Wildman–Crippen LogP) is -0.806. The molecule has 0 bridgehead atoms. The Hall–Kier alpha value is 2.96. The molecule has 0 saturated carbocycles. The standard InChI is InChI=1S/C3H2O7.2Ag.2K.2H/c4-1(5)9-3(8)10-2(6)7;;;;;;/h(H,4,5)(H,6,7);;;;;;. The Morgan fingerprint density at radius 2 is 1.00 bits per heavy atom. The molecule has 14 heavy (non-hydrogen) atoms. The number of rotatable bonds is 0. The van der Waals surface area contributed by atoms with Crippen molar-refractivity contribution in [1.82, 2.24) is 0 Å². The molecule has 0 rings (SSSR count). The van der Waals surface area contributed by atoms with Crippen LogP contribution in [0.25, 0.3) is 0 Å². The number of carbonyl (C=O) groups excluding carboxylic acids is 1. The molecule has 0 amide bonds. The maximum atomic E-state index is 9.86. The van der Waals surface area contributed by atoms with Crippen molar-refractivity contribution in [3.05, 3.63) is 0 Å². The van der Waals surface area contributed by atoms with Gasteiger partial charge in [0.2, 0.25) is 0 Å². The first-order valence-electron chi connectivity index (χ1n) is 1.88. The molecule has 11 heteroatoms. The number of carboxylic acid groups (broad SMARTS) is 2. The van der Waals surface area contributed by atoms with E-state index in [1.807, 2.05) is 0 Å². The molecule has 0 spiro atoms. The van der Waals surface area contributed by atoms with E-state index in [0.29, 0.717) is 0 Å². The molecule has 0 aliphatic rings. The van der Waals surface area contributed by atoms with Crippen LogP contribution in [0.3, 0.4) is 0 Å². The monoisotopic (exact) mass is 444 g/mol. The molecule has 2 radical (unpaired) electrons. The molecule has 0 aliphatic carbocycles. The van der Waals surface area contributed by atoms with E-state index in [1.165, 1.54) is 0 Å². The molecule has 0 heterocycles. The second-order valence-corrected chi connectivity index (χ2v) is 0.986. The number of hydrogen-bond acceptors (Lipinski definition) is 5. The van der Waals surface area contributed by atoms with Crippen LogP contribution in [-0.2, 0) is 54.2 Å². The molecule has 0 aromatic heterocycles. The summed E-state index contributed by atoms with van der Waals surface area (Å²) in [6.07, 6.45) is -5.64. The Kier molecular flexibility index (Phi) is 39.5. The van der Waals surface area contributed by atoms with Gasteiger partial charge in [-0.2, -0.15) is 0 Å². The first kappa shape index (κ1) is 30.2. The molecular weight excluding hydrogens is 442 g/mol. The molecule has 0 atom stereocenters. The number of hydrogen-bond donors (Lipinski definition) is 2. The van der Waals surface area contributed by atoms with Gasteiger partial charge in [0.15, 0.2) is 0 Å². The fraction of sp³-hybridized carbons (Fsp3) is 0. The van der Waals surface area contributed by atoms with Crippen molar-refractivity contribution < 1.29 is 78.8 Å². The summed E-state index contributed by atoms with van der Waals surface area (Å²) in [6.45, 7) is 0. The second kappa shape index (κ2) is 18.3. The Labute approximate surface area is 195 Å². The molecule has 0 aromatic rings. The van der Waals surface area contributed by atoms with Gasteiger partial charge in [0.05, 0.1) is 0 Å². The summed E-state index contributed by atoms with van der Waals surface area (Å²) in [5.41, 5.74) is 0. The van der Waals surface area contributed by atoms with Gasteiger partial charge < -0.3 is 19.7 Å². The molecule has 2 N–H and O–H groups in total. The van der Waals surface area contributed by atoms with Crippen molar-refractivity contribution in [3.63, 3.8) is 0 Å². The van der Waals surface area contributed by atoms with Gasteiger partial charge in [-0.3, -0.25) is 0 Å². The number of ether oxygens (including phenoxy) is 2. The van der Waals surface area contributed by atoms with Crippen LogP contribution in [0.15, 0.2) is 0 Å². The van der Waals surface area contributed by atoms with Crippen LogP contribution in [0.5, 0.6) is 0 Å². The van der Waals surface area contributed by atoms with Crippen molar-refractivity contribution >= 4 is 121 Å². The van der Waals surface area contributed by atoms with E-state index in [4.69, 9.17) is 10.2 Å². The Bertz CT molecular complexity index is 168. The van der Waals surface area contributed by atoms with Gasteiger partial charge in [-0.25, -0.2) is 14.4 Å². The van der Waals surface area contributed by atoms with E-state index in [9.17, 15) is 14.4 Å². The summed E-state index contributed by atoms with van der Waals surface area (Å²) < 4.78 is 6.47. The number of carbonyl (C=O) groups is 3. The average molecular weight is 446 g/mol. The molecular formula is C3H4Ag2K2O7. The third kappa shape index (κ3) is 24.3. The van der Waals surface area contributed by atoms with Gasteiger partial charge in [-0.05, 0) is 0 Å². The second-order valence-electron chi connectivity index (χ2n) is 0.986. The molecule has 7 nitrogen and oxygen atoms in total. The van der Waals surface area contributed by atoms with Gasteiger partial charge in [-0.15, -0.1) is 0 Å². The SMILES string of the molecule is O=C(O)OC(=O)OC(=O)O.[Ag].[Ag].[KH].[KH]. The summed E-state index contributed by atoms with van der Waals surface area (Å²) in [6, 6.07) is 0. The van der Waals surface area contributed by atoms with E-state index in [1.54, 1.807) is 0 Å². The first-order chi connectivity index (χ1) is 4.52. The molecule has 0 saturated heterocycles. The Balaban J connectivity index is -0.0000000675. The quantitative estimate of drug-likeness (QED) is 0.285. The maximum absolute atomic E-state index is 9.86. The van der Waals surface area contributed by atoms with E-state index >= 15 is 0 Å². The third-order valence-corrected chi connectivity index (χ3v) is 0.341. The van der Waals surface area contributed by atoms with Crippen LogP contribution in [0.1, 0.15) is 0 Å². The minimum atomic E-state index is -1.92. The summed E-state index contributed by atoms with van der Waals surface area (Å²) in [5, 5.41) is 15.4. The van der Waals surface area contributed by atoms with Crippen molar-refractivity contribution in [2.45, 2.75) is 0 Å². The fourth-order valence-electron chi connectivity index (χ4n) is 0.163.